The third kappa shape index (κ3) is 5.25. The fraction of sp³-hybridized carbons (Fsp3) is 1.00. The number of rotatable bonds is 6. The Hall–Kier alpha value is -0.120. The van der Waals surface area contributed by atoms with Gasteiger partial charge in [-0.3, -0.25) is 0 Å². The molecule has 2 unspecified atom stereocenters. The Bertz CT molecular complexity index is 211. The Morgan fingerprint density at radius 2 is 2.17 bits per heavy atom. The van der Waals surface area contributed by atoms with Gasteiger partial charge >= 0.3 is 0 Å². The van der Waals surface area contributed by atoms with Crippen LogP contribution in [0.15, 0.2) is 0 Å². The van der Waals surface area contributed by atoms with Crippen LogP contribution in [0.25, 0.3) is 0 Å². The molecule has 0 radical (unpaired) electrons. The highest BCUT2D eigenvalue weighted by Gasteiger charge is 2.16. The van der Waals surface area contributed by atoms with Gasteiger partial charge in [-0.05, 0) is 77.5 Å². The molecule has 3 heteroatoms. The number of nitrogens with one attached hydrogen (secondary N) is 1. The molecule has 2 aliphatic rings. The lowest BCUT2D eigenvalue weighted by atomic mass is 9.94. The van der Waals surface area contributed by atoms with Crippen LogP contribution in [0.4, 0.5) is 0 Å². The maximum absolute atomic E-state index is 5.79. The van der Waals surface area contributed by atoms with Gasteiger partial charge in [0, 0.05) is 13.2 Å². The first-order valence-electron chi connectivity index (χ1n) is 7.85. The number of hydrogen-bond donors (Lipinski definition) is 1. The molecule has 2 atom stereocenters. The van der Waals surface area contributed by atoms with E-state index in [-0.39, 0.29) is 0 Å². The van der Waals surface area contributed by atoms with Crippen molar-refractivity contribution in [3.63, 3.8) is 0 Å². The van der Waals surface area contributed by atoms with Crippen LogP contribution >= 0.6 is 0 Å². The van der Waals surface area contributed by atoms with Gasteiger partial charge in [0.15, 0.2) is 0 Å². The van der Waals surface area contributed by atoms with Crippen molar-refractivity contribution in [3.05, 3.63) is 0 Å². The van der Waals surface area contributed by atoms with E-state index in [0.29, 0.717) is 6.10 Å². The number of likely N-dealkylation sites (N-methyl/N-ethyl adjacent to an activating group) is 1. The summed E-state index contributed by atoms with van der Waals surface area (Å²) in [4.78, 5) is 2.46. The number of piperidine rings is 1. The van der Waals surface area contributed by atoms with Gasteiger partial charge in [-0.1, -0.05) is 0 Å². The second kappa shape index (κ2) is 8.13. The number of hydrogen-bond acceptors (Lipinski definition) is 3. The molecule has 0 aromatic rings. The van der Waals surface area contributed by atoms with E-state index in [1.807, 2.05) is 0 Å². The van der Waals surface area contributed by atoms with Crippen molar-refractivity contribution >= 4 is 0 Å². The minimum Gasteiger partial charge on any atom is -0.377 e. The molecule has 106 valence electrons. The zero-order valence-electron chi connectivity index (χ0n) is 12.0. The molecule has 0 aromatic heterocycles. The van der Waals surface area contributed by atoms with Gasteiger partial charge in [0.2, 0.25) is 0 Å². The Kier molecular flexibility index (Phi) is 6.46. The van der Waals surface area contributed by atoms with E-state index >= 15 is 0 Å². The maximum atomic E-state index is 5.79. The quantitative estimate of drug-likeness (QED) is 0.787. The van der Waals surface area contributed by atoms with E-state index in [0.717, 1.165) is 19.1 Å². The summed E-state index contributed by atoms with van der Waals surface area (Å²) < 4.78 is 5.79. The van der Waals surface area contributed by atoms with Crippen LogP contribution in [0.5, 0.6) is 0 Å². The first-order chi connectivity index (χ1) is 8.84. The first-order valence-corrected chi connectivity index (χ1v) is 7.85. The average molecular weight is 254 g/mol. The van der Waals surface area contributed by atoms with E-state index in [2.05, 4.69) is 17.3 Å². The van der Waals surface area contributed by atoms with Crippen LogP contribution in [0.3, 0.4) is 0 Å². The highest BCUT2D eigenvalue weighted by molar-refractivity contribution is 4.71. The topological polar surface area (TPSA) is 24.5 Å². The van der Waals surface area contributed by atoms with Gasteiger partial charge in [-0.25, -0.2) is 0 Å². The Labute approximate surface area is 112 Å². The van der Waals surface area contributed by atoms with E-state index in [1.54, 1.807) is 0 Å². The fourth-order valence-corrected chi connectivity index (χ4v) is 3.21. The molecule has 0 saturated carbocycles. The van der Waals surface area contributed by atoms with Crippen LogP contribution in [0, 0.1) is 5.92 Å². The highest BCUT2D eigenvalue weighted by atomic mass is 16.5. The lowest BCUT2D eigenvalue weighted by Gasteiger charge is -2.28. The first kappa shape index (κ1) is 14.3. The third-order valence-corrected chi connectivity index (χ3v) is 4.34. The van der Waals surface area contributed by atoms with Gasteiger partial charge in [0.1, 0.15) is 0 Å². The largest absolute Gasteiger partial charge is 0.377 e. The van der Waals surface area contributed by atoms with Crippen molar-refractivity contribution < 1.29 is 4.74 Å². The number of nitrogens with zero attached hydrogens (tertiary/aromatic N) is 1. The zero-order valence-corrected chi connectivity index (χ0v) is 12.0. The van der Waals surface area contributed by atoms with Crippen molar-refractivity contribution in [1.82, 2.24) is 10.2 Å². The van der Waals surface area contributed by atoms with Crippen molar-refractivity contribution in [2.45, 2.75) is 51.0 Å². The summed E-state index contributed by atoms with van der Waals surface area (Å²) >= 11 is 0. The lowest BCUT2D eigenvalue weighted by molar-refractivity contribution is -0.00175. The van der Waals surface area contributed by atoms with Gasteiger partial charge in [-0.15, -0.1) is 0 Å². The smallest absolute Gasteiger partial charge is 0.0701 e. The Morgan fingerprint density at radius 3 is 2.89 bits per heavy atom. The summed E-state index contributed by atoms with van der Waals surface area (Å²) in [6.45, 7) is 5.82. The molecule has 3 nitrogen and oxygen atoms in total. The molecular weight excluding hydrogens is 224 g/mol. The summed E-state index contributed by atoms with van der Waals surface area (Å²) in [5.74, 6) is 0.929. The van der Waals surface area contributed by atoms with Crippen LogP contribution in [-0.4, -0.2) is 50.8 Å². The predicted molar refractivity (Wildman–Crippen MR) is 75.9 cm³/mol. The molecule has 2 aliphatic heterocycles. The minimum absolute atomic E-state index is 0.500. The average Bonchev–Trinajstić information content (AvgIpc) is 2.41. The van der Waals surface area contributed by atoms with Crippen LogP contribution in [0.2, 0.25) is 0 Å². The van der Waals surface area contributed by atoms with Gasteiger partial charge in [0.25, 0.3) is 0 Å². The Balaban J connectivity index is 1.52. The summed E-state index contributed by atoms with van der Waals surface area (Å²) in [7, 11) is 2.25. The standard InChI is InChI=1S/C15H30N2O/c1-17(13-15-8-2-3-11-18-15)10-5-7-14-6-4-9-16-12-14/h14-16H,2-13H2,1H3. The zero-order chi connectivity index (χ0) is 12.6. The lowest BCUT2D eigenvalue weighted by Crippen LogP contribution is -2.34. The fourth-order valence-electron chi connectivity index (χ4n) is 3.21. The van der Waals surface area contributed by atoms with E-state index < -0.39 is 0 Å². The second-order valence-corrected chi connectivity index (χ2v) is 6.11. The highest BCUT2D eigenvalue weighted by Crippen LogP contribution is 2.17. The van der Waals surface area contributed by atoms with Crippen molar-refractivity contribution in [1.29, 1.82) is 0 Å². The summed E-state index contributed by atoms with van der Waals surface area (Å²) in [5.41, 5.74) is 0. The normalized spacial score (nSPS) is 29.7. The monoisotopic (exact) mass is 254 g/mol. The summed E-state index contributed by atoms with van der Waals surface area (Å²) in [6.07, 6.45) is 9.91. The molecule has 0 aromatic carbocycles. The molecule has 0 amide bonds. The van der Waals surface area contributed by atoms with E-state index in [9.17, 15) is 0 Å². The molecule has 1 N–H and O–H groups in total. The van der Waals surface area contributed by atoms with E-state index in [4.69, 9.17) is 4.74 Å². The molecular formula is C15H30N2O. The van der Waals surface area contributed by atoms with Gasteiger partial charge in [0.05, 0.1) is 6.10 Å². The van der Waals surface area contributed by atoms with Gasteiger partial charge in [-0.2, -0.15) is 0 Å². The molecule has 2 rings (SSSR count). The molecule has 2 fully saturated rings. The Morgan fingerprint density at radius 1 is 1.22 bits per heavy atom. The van der Waals surface area contributed by atoms with Crippen LogP contribution in [0.1, 0.15) is 44.9 Å². The van der Waals surface area contributed by atoms with Crippen LogP contribution in [-0.2, 0) is 4.74 Å². The molecule has 2 heterocycles. The van der Waals surface area contributed by atoms with Crippen LogP contribution < -0.4 is 5.32 Å². The number of ether oxygens (including phenoxy) is 1. The maximum Gasteiger partial charge on any atom is 0.0701 e. The second-order valence-electron chi connectivity index (χ2n) is 6.11. The van der Waals surface area contributed by atoms with Crippen molar-refractivity contribution in [3.8, 4) is 0 Å². The molecule has 0 spiro atoms. The molecule has 0 bridgehead atoms. The molecule has 2 saturated heterocycles. The summed E-state index contributed by atoms with van der Waals surface area (Å²) in [5, 5.41) is 3.51. The minimum atomic E-state index is 0.500. The van der Waals surface area contributed by atoms with Crippen molar-refractivity contribution in [2.24, 2.45) is 5.92 Å². The van der Waals surface area contributed by atoms with Crippen molar-refractivity contribution in [2.75, 3.05) is 39.8 Å². The van der Waals surface area contributed by atoms with E-state index in [1.165, 1.54) is 64.6 Å². The third-order valence-electron chi connectivity index (χ3n) is 4.34. The molecule has 18 heavy (non-hydrogen) atoms. The SMILES string of the molecule is CN(CCCC1CCCNC1)CC1CCCCO1. The molecule has 0 aliphatic carbocycles. The summed E-state index contributed by atoms with van der Waals surface area (Å²) in [6, 6.07) is 0. The predicted octanol–water partition coefficient (Wildman–Crippen LogP) is 2.27. The van der Waals surface area contributed by atoms with Gasteiger partial charge < -0.3 is 15.0 Å².